The highest BCUT2D eigenvalue weighted by Gasteiger charge is 2.22. The number of anilines is 2. The lowest BCUT2D eigenvalue weighted by atomic mass is 9.94. The minimum Gasteiger partial charge on any atom is -0.376 e. The van der Waals surface area contributed by atoms with Gasteiger partial charge in [-0.3, -0.25) is 4.79 Å². The van der Waals surface area contributed by atoms with Crippen LogP contribution in [0.1, 0.15) is 48.8 Å². The highest BCUT2D eigenvalue weighted by atomic mass is 16.1. The van der Waals surface area contributed by atoms with Crippen LogP contribution in [0.15, 0.2) is 42.5 Å². The number of quaternary nitrogens is 1. The van der Waals surface area contributed by atoms with Crippen LogP contribution in [-0.2, 0) is 11.3 Å². The summed E-state index contributed by atoms with van der Waals surface area (Å²) >= 11 is 0. The quantitative estimate of drug-likeness (QED) is 0.686. The van der Waals surface area contributed by atoms with E-state index in [4.69, 9.17) is 0 Å². The molecule has 4 nitrogen and oxygen atoms in total. The van der Waals surface area contributed by atoms with Crippen molar-refractivity contribution in [2.45, 2.75) is 58.5 Å². The fourth-order valence-electron chi connectivity index (χ4n) is 4.26. The van der Waals surface area contributed by atoms with Gasteiger partial charge in [-0.05, 0) is 56.7 Å². The summed E-state index contributed by atoms with van der Waals surface area (Å²) in [5.41, 5.74) is 5.45. The number of para-hydroxylation sites is 2. The predicted octanol–water partition coefficient (Wildman–Crippen LogP) is 3.70. The molecule has 1 amide bonds. The highest BCUT2D eigenvalue weighted by molar-refractivity contribution is 5.95. The van der Waals surface area contributed by atoms with Crippen LogP contribution in [0.2, 0.25) is 0 Å². The third-order valence-electron chi connectivity index (χ3n) is 5.97. The van der Waals surface area contributed by atoms with E-state index in [1.54, 1.807) is 4.90 Å². The summed E-state index contributed by atoms with van der Waals surface area (Å²) in [6.45, 7) is 5.31. The van der Waals surface area contributed by atoms with Crippen molar-refractivity contribution in [2.75, 3.05) is 24.2 Å². The first-order valence-corrected chi connectivity index (χ1v) is 10.5. The minimum atomic E-state index is -0.0137. The van der Waals surface area contributed by atoms with Crippen LogP contribution in [0, 0.1) is 13.8 Å². The van der Waals surface area contributed by atoms with Crippen LogP contribution in [0.5, 0.6) is 0 Å². The zero-order valence-electron chi connectivity index (χ0n) is 17.5. The number of aryl methyl sites for hydroxylation is 2. The highest BCUT2D eigenvalue weighted by Crippen LogP contribution is 2.20. The Labute approximate surface area is 169 Å². The second-order valence-electron chi connectivity index (χ2n) is 8.18. The van der Waals surface area contributed by atoms with Gasteiger partial charge in [0.2, 0.25) is 5.91 Å². The van der Waals surface area contributed by atoms with E-state index in [-0.39, 0.29) is 12.5 Å². The van der Waals surface area contributed by atoms with Gasteiger partial charge in [-0.2, -0.15) is 0 Å². The molecule has 0 spiro atoms. The monoisotopic (exact) mass is 380 g/mol. The van der Waals surface area contributed by atoms with Gasteiger partial charge < -0.3 is 15.5 Å². The summed E-state index contributed by atoms with van der Waals surface area (Å²) in [5.74, 6) is -0.0137. The van der Waals surface area contributed by atoms with Crippen molar-refractivity contribution < 1.29 is 9.69 Å². The Kier molecular flexibility index (Phi) is 7.10. The number of nitrogens with one attached hydrogen (secondary N) is 3. The molecule has 0 bridgehead atoms. The topological polar surface area (TPSA) is 45.6 Å². The molecule has 150 valence electrons. The Hall–Kier alpha value is -2.33. The van der Waals surface area contributed by atoms with Crippen LogP contribution in [0.4, 0.5) is 11.4 Å². The Balaban J connectivity index is 1.59. The lowest BCUT2D eigenvalue weighted by Crippen LogP contribution is -3.11. The van der Waals surface area contributed by atoms with Gasteiger partial charge in [-0.1, -0.05) is 42.8 Å². The van der Waals surface area contributed by atoms with E-state index >= 15 is 0 Å². The molecular weight excluding hydrogens is 346 g/mol. The second kappa shape index (κ2) is 9.74. The Morgan fingerprint density at radius 3 is 2.39 bits per heavy atom. The first-order valence-electron chi connectivity index (χ1n) is 10.5. The molecule has 1 fully saturated rings. The molecule has 3 N–H and O–H groups in total. The molecule has 1 unspecified atom stereocenters. The van der Waals surface area contributed by atoms with Gasteiger partial charge in [0, 0.05) is 16.9 Å². The molecule has 28 heavy (non-hydrogen) atoms. The zero-order valence-corrected chi connectivity index (χ0v) is 17.5. The van der Waals surface area contributed by atoms with Crippen molar-refractivity contribution in [3.8, 4) is 0 Å². The largest absolute Gasteiger partial charge is 0.376 e. The number of hydrogen-bond donors (Lipinski definition) is 3. The molecule has 2 aromatic rings. The first kappa shape index (κ1) is 20.4. The normalized spacial score (nSPS) is 15.8. The summed E-state index contributed by atoms with van der Waals surface area (Å²) in [5, 5.41) is 6.41. The van der Waals surface area contributed by atoms with E-state index in [9.17, 15) is 4.79 Å². The summed E-state index contributed by atoms with van der Waals surface area (Å²) < 4.78 is 0. The smallest absolute Gasteiger partial charge is 0.243 e. The van der Waals surface area contributed by atoms with Crippen LogP contribution in [0.3, 0.4) is 0 Å². The number of carbonyl (C=O) groups excluding carboxylic acids is 1. The molecule has 4 heteroatoms. The molecule has 0 aromatic heterocycles. The van der Waals surface area contributed by atoms with Gasteiger partial charge in [0.25, 0.3) is 0 Å². The number of hydrogen-bond acceptors (Lipinski definition) is 2. The molecule has 2 aromatic carbocycles. The number of amides is 1. The van der Waals surface area contributed by atoms with E-state index in [1.807, 2.05) is 38.1 Å². The SMILES string of the molecule is Cc1cccc(C)c1NC(=O)CNc1ccccc1C[NH+](C)C1CCCCC1. The van der Waals surface area contributed by atoms with Gasteiger partial charge >= 0.3 is 0 Å². The lowest BCUT2D eigenvalue weighted by molar-refractivity contribution is -0.921. The minimum absolute atomic E-state index is 0.0137. The van der Waals surface area contributed by atoms with Crippen molar-refractivity contribution in [3.63, 3.8) is 0 Å². The van der Waals surface area contributed by atoms with Crippen molar-refractivity contribution in [3.05, 3.63) is 59.2 Å². The van der Waals surface area contributed by atoms with Gasteiger partial charge in [0.1, 0.15) is 6.54 Å². The molecule has 0 saturated heterocycles. The summed E-state index contributed by atoms with van der Waals surface area (Å²) in [7, 11) is 2.31. The summed E-state index contributed by atoms with van der Waals surface area (Å²) in [4.78, 5) is 14.1. The average molecular weight is 381 g/mol. The second-order valence-corrected chi connectivity index (χ2v) is 8.18. The standard InChI is InChI=1S/C24H33N3O/c1-18-10-9-11-19(2)24(18)26-23(28)16-25-22-15-8-7-12-20(22)17-27(3)21-13-5-4-6-14-21/h7-12,15,21,25H,4-6,13-14,16-17H2,1-3H3,(H,26,28)/p+1. The maximum atomic E-state index is 12.5. The van der Waals surface area contributed by atoms with Crippen LogP contribution < -0.4 is 15.5 Å². The van der Waals surface area contributed by atoms with Crippen molar-refractivity contribution in [1.29, 1.82) is 0 Å². The van der Waals surface area contributed by atoms with E-state index in [0.717, 1.165) is 35.1 Å². The van der Waals surface area contributed by atoms with Crippen LogP contribution in [-0.4, -0.2) is 25.5 Å². The molecular formula is C24H34N3O+. The maximum Gasteiger partial charge on any atom is 0.243 e. The fraction of sp³-hybridized carbons (Fsp3) is 0.458. The average Bonchev–Trinajstić information content (AvgIpc) is 2.71. The molecule has 3 rings (SSSR count). The summed E-state index contributed by atoms with van der Waals surface area (Å²) in [6.07, 6.45) is 6.78. The van der Waals surface area contributed by atoms with Crippen molar-refractivity contribution >= 4 is 17.3 Å². The van der Waals surface area contributed by atoms with Gasteiger partial charge in [-0.25, -0.2) is 0 Å². The van der Waals surface area contributed by atoms with E-state index in [0.29, 0.717) is 0 Å². The Morgan fingerprint density at radius 1 is 1.00 bits per heavy atom. The number of carbonyl (C=O) groups is 1. The lowest BCUT2D eigenvalue weighted by Gasteiger charge is -2.28. The third kappa shape index (κ3) is 5.35. The molecule has 1 aliphatic carbocycles. The van der Waals surface area contributed by atoms with Crippen LogP contribution in [0.25, 0.3) is 0 Å². The summed E-state index contributed by atoms with van der Waals surface area (Å²) in [6, 6.07) is 15.2. The zero-order chi connectivity index (χ0) is 19.9. The predicted molar refractivity (Wildman–Crippen MR) is 117 cm³/mol. The van der Waals surface area contributed by atoms with E-state index in [2.05, 4.69) is 35.9 Å². The Morgan fingerprint density at radius 2 is 1.68 bits per heavy atom. The van der Waals surface area contributed by atoms with E-state index < -0.39 is 0 Å². The van der Waals surface area contributed by atoms with Crippen molar-refractivity contribution in [1.82, 2.24) is 0 Å². The van der Waals surface area contributed by atoms with Gasteiger partial charge in [0.15, 0.2) is 0 Å². The third-order valence-corrected chi connectivity index (χ3v) is 5.97. The number of rotatable bonds is 7. The molecule has 1 aliphatic rings. The van der Waals surface area contributed by atoms with E-state index in [1.165, 1.54) is 37.7 Å². The molecule has 0 heterocycles. The number of benzene rings is 2. The maximum absolute atomic E-state index is 12.5. The van der Waals surface area contributed by atoms with Crippen molar-refractivity contribution in [2.24, 2.45) is 0 Å². The molecule has 0 radical (unpaired) electrons. The fourth-order valence-corrected chi connectivity index (χ4v) is 4.26. The molecule has 1 saturated carbocycles. The Bertz CT molecular complexity index is 776. The molecule has 0 aliphatic heterocycles. The van der Waals surface area contributed by atoms with Crippen LogP contribution >= 0.6 is 0 Å². The first-order chi connectivity index (χ1) is 13.5. The van der Waals surface area contributed by atoms with Gasteiger partial charge in [-0.15, -0.1) is 0 Å². The molecule has 1 atom stereocenters. The van der Waals surface area contributed by atoms with Gasteiger partial charge in [0.05, 0.1) is 19.6 Å².